The van der Waals surface area contributed by atoms with E-state index in [2.05, 4.69) is 15.5 Å². The Kier molecular flexibility index (Phi) is 3.10. The van der Waals surface area contributed by atoms with Gasteiger partial charge in [0.05, 0.1) is 6.10 Å². The van der Waals surface area contributed by atoms with Gasteiger partial charge in [-0.1, -0.05) is 5.16 Å². The van der Waals surface area contributed by atoms with Crippen molar-refractivity contribution in [2.24, 2.45) is 0 Å². The Morgan fingerprint density at radius 1 is 1.64 bits per heavy atom. The van der Waals surface area contributed by atoms with Crippen LogP contribution in [0.4, 0.5) is 0 Å². The van der Waals surface area contributed by atoms with Gasteiger partial charge in [-0.05, 0) is 19.4 Å². The third-order valence-corrected chi connectivity index (χ3v) is 2.27. The van der Waals surface area contributed by atoms with Crippen LogP contribution in [-0.2, 0) is 11.3 Å². The van der Waals surface area contributed by atoms with Gasteiger partial charge in [-0.3, -0.25) is 0 Å². The second-order valence-corrected chi connectivity index (χ2v) is 3.51. The summed E-state index contributed by atoms with van der Waals surface area (Å²) in [7, 11) is 0. The van der Waals surface area contributed by atoms with Crippen LogP contribution in [0.25, 0.3) is 0 Å². The van der Waals surface area contributed by atoms with Crippen molar-refractivity contribution in [3.63, 3.8) is 0 Å². The highest BCUT2D eigenvalue weighted by Gasteiger charge is 2.14. The van der Waals surface area contributed by atoms with E-state index >= 15 is 0 Å². The zero-order valence-electron chi connectivity index (χ0n) is 8.32. The SMILES string of the molecule is Cc1nc(COC2CCCNC2)no1. The molecule has 0 aromatic carbocycles. The smallest absolute Gasteiger partial charge is 0.223 e. The van der Waals surface area contributed by atoms with E-state index in [0.29, 0.717) is 24.4 Å². The van der Waals surface area contributed by atoms with Gasteiger partial charge in [0.15, 0.2) is 5.82 Å². The zero-order chi connectivity index (χ0) is 9.80. The highest BCUT2D eigenvalue weighted by atomic mass is 16.5. The molecule has 0 bridgehead atoms. The van der Waals surface area contributed by atoms with Gasteiger partial charge in [-0.15, -0.1) is 0 Å². The lowest BCUT2D eigenvalue weighted by molar-refractivity contribution is 0.0210. The molecule has 1 aromatic heterocycles. The molecule has 1 unspecified atom stereocenters. The van der Waals surface area contributed by atoms with Crippen LogP contribution >= 0.6 is 0 Å². The minimum absolute atomic E-state index is 0.294. The molecule has 0 amide bonds. The first-order chi connectivity index (χ1) is 6.84. The predicted molar refractivity (Wildman–Crippen MR) is 49.7 cm³/mol. The number of hydrogen-bond donors (Lipinski definition) is 1. The van der Waals surface area contributed by atoms with Crippen molar-refractivity contribution in [1.82, 2.24) is 15.5 Å². The molecule has 2 rings (SSSR count). The number of piperidine rings is 1. The molecule has 0 spiro atoms. The molecule has 1 atom stereocenters. The van der Waals surface area contributed by atoms with Gasteiger partial charge in [-0.2, -0.15) is 4.98 Å². The average Bonchev–Trinajstić information content (AvgIpc) is 2.63. The van der Waals surface area contributed by atoms with Gasteiger partial charge >= 0.3 is 0 Å². The molecule has 78 valence electrons. The largest absolute Gasteiger partial charge is 0.369 e. The van der Waals surface area contributed by atoms with Crippen LogP contribution in [0.1, 0.15) is 24.6 Å². The summed E-state index contributed by atoms with van der Waals surface area (Å²) in [6.07, 6.45) is 2.59. The lowest BCUT2D eigenvalue weighted by Crippen LogP contribution is -2.35. The monoisotopic (exact) mass is 197 g/mol. The number of nitrogens with zero attached hydrogens (tertiary/aromatic N) is 2. The summed E-state index contributed by atoms with van der Waals surface area (Å²) >= 11 is 0. The Labute approximate surface area is 82.8 Å². The standard InChI is InChI=1S/C9H15N3O2/c1-7-11-9(12-14-7)6-13-8-3-2-4-10-5-8/h8,10H,2-6H2,1H3. The molecule has 0 saturated carbocycles. The van der Waals surface area contributed by atoms with Crippen LogP contribution in [0.15, 0.2) is 4.52 Å². The Hall–Kier alpha value is -0.940. The fourth-order valence-corrected chi connectivity index (χ4v) is 1.55. The minimum atomic E-state index is 0.294. The topological polar surface area (TPSA) is 60.2 Å². The quantitative estimate of drug-likeness (QED) is 0.770. The molecule has 0 radical (unpaired) electrons. The summed E-state index contributed by atoms with van der Waals surface area (Å²) in [6.45, 7) is 4.25. The molecule has 1 aliphatic rings. The summed E-state index contributed by atoms with van der Waals surface area (Å²) in [4.78, 5) is 4.07. The van der Waals surface area contributed by atoms with Gasteiger partial charge in [0.2, 0.25) is 5.89 Å². The maximum atomic E-state index is 5.63. The number of ether oxygens (including phenoxy) is 1. The molecule has 14 heavy (non-hydrogen) atoms. The number of rotatable bonds is 3. The maximum absolute atomic E-state index is 5.63. The van der Waals surface area contributed by atoms with Gasteiger partial charge < -0.3 is 14.6 Å². The summed E-state index contributed by atoms with van der Waals surface area (Å²) in [5.74, 6) is 1.22. The first kappa shape index (κ1) is 9.61. The van der Waals surface area contributed by atoms with Crippen LogP contribution < -0.4 is 5.32 Å². The number of nitrogens with one attached hydrogen (secondary N) is 1. The Morgan fingerprint density at radius 3 is 3.21 bits per heavy atom. The molecule has 0 aliphatic carbocycles. The van der Waals surface area contributed by atoms with Crippen LogP contribution in [-0.4, -0.2) is 29.3 Å². The first-order valence-electron chi connectivity index (χ1n) is 4.96. The van der Waals surface area contributed by atoms with Gasteiger partial charge in [-0.25, -0.2) is 0 Å². The second-order valence-electron chi connectivity index (χ2n) is 3.51. The van der Waals surface area contributed by atoms with Crippen molar-refractivity contribution in [3.8, 4) is 0 Å². The van der Waals surface area contributed by atoms with Crippen molar-refractivity contribution in [3.05, 3.63) is 11.7 Å². The summed E-state index contributed by atoms with van der Waals surface area (Å²) in [6, 6.07) is 0. The highest BCUT2D eigenvalue weighted by Crippen LogP contribution is 2.08. The number of aryl methyl sites for hydroxylation is 1. The van der Waals surface area contributed by atoms with Crippen LogP contribution in [0.3, 0.4) is 0 Å². The van der Waals surface area contributed by atoms with E-state index in [0.717, 1.165) is 19.5 Å². The summed E-state index contributed by atoms with van der Waals surface area (Å²) in [5.41, 5.74) is 0. The van der Waals surface area contributed by atoms with Gasteiger partial charge in [0.25, 0.3) is 0 Å². The Morgan fingerprint density at radius 2 is 2.57 bits per heavy atom. The van der Waals surface area contributed by atoms with Crippen LogP contribution in [0.2, 0.25) is 0 Å². The molecule has 1 aliphatic heterocycles. The minimum Gasteiger partial charge on any atom is -0.369 e. The van der Waals surface area contributed by atoms with Crippen molar-refractivity contribution in [1.29, 1.82) is 0 Å². The van der Waals surface area contributed by atoms with E-state index in [1.807, 2.05) is 0 Å². The van der Waals surface area contributed by atoms with E-state index in [4.69, 9.17) is 9.26 Å². The molecule has 1 fully saturated rings. The second kappa shape index (κ2) is 4.52. The van der Waals surface area contributed by atoms with Gasteiger partial charge in [0, 0.05) is 13.5 Å². The van der Waals surface area contributed by atoms with E-state index in [-0.39, 0.29) is 0 Å². The molecule has 1 N–H and O–H groups in total. The Bertz CT molecular complexity index is 281. The van der Waals surface area contributed by atoms with Crippen LogP contribution in [0, 0.1) is 6.92 Å². The molecular formula is C9H15N3O2. The first-order valence-corrected chi connectivity index (χ1v) is 4.96. The van der Waals surface area contributed by atoms with Crippen LogP contribution in [0.5, 0.6) is 0 Å². The third-order valence-electron chi connectivity index (χ3n) is 2.27. The highest BCUT2D eigenvalue weighted by molar-refractivity contribution is 4.81. The van der Waals surface area contributed by atoms with E-state index in [1.165, 1.54) is 6.42 Å². The fourth-order valence-electron chi connectivity index (χ4n) is 1.55. The zero-order valence-corrected chi connectivity index (χ0v) is 8.32. The third kappa shape index (κ3) is 2.52. The van der Waals surface area contributed by atoms with Crippen molar-refractivity contribution in [2.45, 2.75) is 32.5 Å². The molecule has 1 saturated heterocycles. The molecular weight excluding hydrogens is 182 g/mol. The predicted octanol–water partition coefficient (Wildman–Crippen LogP) is 0.647. The lowest BCUT2D eigenvalue weighted by Gasteiger charge is -2.22. The number of aromatic nitrogens is 2. The number of hydrogen-bond acceptors (Lipinski definition) is 5. The van der Waals surface area contributed by atoms with Crippen molar-refractivity contribution < 1.29 is 9.26 Å². The molecule has 2 heterocycles. The molecule has 5 nitrogen and oxygen atoms in total. The van der Waals surface area contributed by atoms with E-state index in [9.17, 15) is 0 Å². The summed E-state index contributed by atoms with van der Waals surface area (Å²) in [5, 5.41) is 7.06. The van der Waals surface area contributed by atoms with E-state index < -0.39 is 0 Å². The maximum Gasteiger partial charge on any atom is 0.223 e. The summed E-state index contributed by atoms with van der Waals surface area (Å²) < 4.78 is 10.5. The van der Waals surface area contributed by atoms with Crippen molar-refractivity contribution >= 4 is 0 Å². The molecule has 1 aromatic rings. The average molecular weight is 197 g/mol. The van der Waals surface area contributed by atoms with Crippen molar-refractivity contribution in [2.75, 3.05) is 13.1 Å². The van der Waals surface area contributed by atoms with E-state index in [1.54, 1.807) is 6.92 Å². The molecule has 5 heteroatoms. The van der Waals surface area contributed by atoms with Gasteiger partial charge in [0.1, 0.15) is 6.61 Å². The normalized spacial score (nSPS) is 22.5. The Balaban J connectivity index is 1.76. The fraction of sp³-hybridized carbons (Fsp3) is 0.778. The lowest BCUT2D eigenvalue weighted by atomic mass is 10.1.